The van der Waals surface area contributed by atoms with Gasteiger partial charge in [-0.15, -0.1) is 0 Å². The molecule has 0 aromatic heterocycles. The Bertz CT molecular complexity index is 290. The highest BCUT2D eigenvalue weighted by molar-refractivity contribution is 5.20. The number of hydrogen-bond donors (Lipinski definition) is 1. The van der Waals surface area contributed by atoms with Gasteiger partial charge in [0.1, 0.15) is 0 Å². The van der Waals surface area contributed by atoms with E-state index in [2.05, 4.69) is 63.3 Å². The highest BCUT2D eigenvalue weighted by Gasteiger charge is 2.24. The van der Waals surface area contributed by atoms with Crippen LogP contribution in [0.2, 0.25) is 0 Å². The summed E-state index contributed by atoms with van der Waals surface area (Å²) in [6.07, 6.45) is 2.51. The zero-order valence-electron chi connectivity index (χ0n) is 11.7. The summed E-state index contributed by atoms with van der Waals surface area (Å²) in [4.78, 5) is 0. The highest BCUT2D eigenvalue weighted by Crippen LogP contribution is 2.27. The van der Waals surface area contributed by atoms with Crippen LogP contribution in [-0.2, 0) is 0 Å². The van der Waals surface area contributed by atoms with E-state index in [0.29, 0.717) is 12.0 Å². The Morgan fingerprint density at radius 2 is 1.59 bits per heavy atom. The Morgan fingerprint density at radius 3 is 2.06 bits per heavy atom. The molecule has 2 unspecified atom stereocenters. The number of rotatable bonds is 7. The summed E-state index contributed by atoms with van der Waals surface area (Å²) in [6, 6.07) is 11.5. The third kappa shape index (κ3) is 3.85. The summed E-state index contributed by atoms with van der Waals surface area (Å²) >= 11 is 0. The van der Waals surface area contributed by atoms with Gasteiger partial charge in [0.15, 0.2) is 0 Å². The van der Waals surface area contributed by atoms with Gasteiger partial charge in [0.2, 0.25) is 0 Å². The molecule has 0 amide bonds. The van der Waals surface area contributed by atoms with Crippen molar-refractivity contribution in [3.05, 3.63) is 35.9 Å². The van der Waals surface area contributed by atoms with E-state index in [1.165, 1.54) is 18.4 Å². The van der Waals surface area contributed by atoms with Crippen molar-refractivity contribution in [3.63, 3.8) is 0 Å². The molecule has 17 heavy (non-hydrogen) atoms. The zero-order valence-corrected chi connectivity index (χ0v) is 11.7. The van der Waals surface area contributed by atoms with E-state index in [-0.39, 0.29) is 0 Å². The van der Waals surface area contributed by atoms with Crippen LogP contribution in [0.25, 0.3) is 0 Å². The summed E-state index contributed by atoms with van der Waals surface area (Å²) in [5, 5.41) is 3.68. The number of nitrogens with one attached hydrogen (secondary N) is 1. The second-order valence-electron chi connectivity index (χ2n) is 4.86. The Morgan fingerprint density at radius 1 is 1.00 bits per heavy atom. The minimum Gasteiger partial charge on any atom is -0.313 e. The molecule has 1 aromatic carbocycles. The Balaban J connectivity index is 2.83. The van der Waals surface area contributed by atoms with Crippen LogP contribution < -0.4 is 5.32 Å². The molecule has 1 nitrogen and oxygen atoms in total. The average molecular weight is 233 g/mol. The molecule has 0 aliphatic heterocycles. The van der Waals surface area contributed by atoms with E-state index in [0.717, 1.165) is 12.5 Å². The van der Waals surface area contributed by atoms with Gasteiger partial charge in [0, 0.05) is 6.04 Å². The number of benzene rings is 1. The van der Waals surface area contributed by atoms with E-state index in [1.54, 1.807) is 0 Å². The Kier molecular flexibility index (Phi) is 6.28. The molecule has 0 spiro atoms. The zero-order chi connectivity index (χ0) is 12.7. The fourth-order valence-electron chi connectivity index (χ4n) is 2.75. The average Bonchev–Trinajstić information content (AvgIpc) is 2.39. The third-order valence-electron chi connectivity index (χ3n) is 3.86. The fraction of sp³-hybridized carbons (Fsp3) is 0.625. The molecule has 1 N–H and O–H groups in total. The standard InChI is InChI=1S/C16H27N/c1-5-14(6-2)16(17-7-3)13(4)15-11-9-8-10-12-15/h8-14,16-17H,5-7H2,1-4H3. The lowest BCUT2D eigenvalue weighted by molar-refractivity contribution is 0.303. The smallest absolute Gasteiger partial charge is 0.0161 e. The van der Waals surface area contributed by atoms with E-state index in [4.69, 9.17) is 0 Å². The van der Waals surface area contributed by atoms with Crippen molar-refractivity contribution >= 4 is 0 Å². The first-order chi connectivity index (χ1) is 8.24. The molecule has 0 heterocycles. The van der Waals surface area contributed by atoms with Crippen molar-refractivity contribution < 1.29 is 0 Å². The monoisotopic (exact) mass is 233 g/mol. The molecule has 96 valence electrons. The first-order valence-corrected chi connectivity index (χ1v) is 7.02. The first-order valence-electron chi connectivity index (χ1n) is 7.02. The van der Waals surface area contributed by atoms with Crippen molar-refractivity contribution in [1.82, 2.24) is 5.32 Å². The summed E-state index contributed by atoms with van der Waals surface area (Å²) in [7, 11) is 0. The molecule has 1 heteroatoms. The Hall–Kier alpha value is -0.820. The molecule has 0 radical (unpaired) electrons. The maximum Gasteiger partial charge on any atom is 0.0161 e. The van der Waals surface area contributed by atoms with E-state index in [9.17, 15) is 0 Å². The van der Waals surface area contributed by atoms with Crippen LogP contribution in [0.1, 0.15) is 52.0 Å². The van der Waals surface area contributed by atoms with E-state index in [1.807, 2.05) is 0 Å². The lowest BCUT2D eigenvalue weighted by Crippen LogP contribution is -2.39. The molecular formula is C16H27N. The van der Waals surface area contributed by atoms with Crippen LogP contribution in [0, 0.1) is 5.92 Å². The largest absolute Gasteiger partial charge is 0.313 e. The molecule has 0 saturated carbocycles. The van der Waals surface area contributed by atoms with E-state index < -0.39 is 0 Å². The van der Waals surface area contributed by atoms with Gasteiger partial charge in [-0.1, -0.05) is 70.9 Å². The maximum absolute atomic E-state index is 3.68. The summed E-state index contributed by atoms with van der Waals surface area (Å²) in [5.74, 6) is 1.35. The van der Waals surface area contributed by atoms with Gasteiger partial charge >= 0.3 is 0 Å². The number of hydrogen-bond acceptors (Lipinski definition) is 1. The van der Waals surface area contributed by atoms with Gasteiger partial charge < -0.3 is 5.32 Å². The molecule has 2 atom stereocenters. The predicted octanol–water partition coefficient (Wildman–Crippen LogP) is 4.20. The van der Waals surface area contributed by atoms with Crippen LogP contribution in [0.15, 0.2) is 30.3 Å². The van der Waals surface area contributed by atoms with Crippen LogP contribution >= 0.6 is 0 Å². The van der Waals surface area contributed by atoms with Crippen LogP contribution in [0.4, 0.5) is 0 Å². The molecule has 0 aliphatic rings. The quantitative estimate of drug-likeness (QED) is 0.744. The second kappa shape index (κ2) is 7.50. The number of likely N-dealkylation sites (N-methyl/N-ethyl adjacent to an activating group) is 1. The van der Waals surface area contributed by atoms with Crippen LogP contribution in [0.5, 0.6) is 0 Å². The molecule has 1 aromatic rings. The van der Waals surface area contributed by atoms with Gasteiger partial charge in [-0.3, -0.25) is 0 Å². The van der Waals surface area contributed by atoms with Gasteiger partial charge in [-0.05, 0) is 23.9 Å². The fourth-order valence-corrected chi connectivity index (χ4v) is 2.75. The van der Waals surface area contributed by atoms with Crippen molar-refractivity contribution in [1.29, 1.82) is 0 Å². The third-order valence-corrected chi connectivity index (χ3v) is 3.86. The van der Waals surface area contributed by atoms with Gasteiger partial charge in [-0.2, -0.15) is 0 Å². The van der Waals surface area contributed by atoms with Gasteiger partial charge in [0.05, 0.1) is 0 Å². The van der Waals surface area contributed by atoms with Crippen LogP contribution in [-0.4, -0.2) is 12.6 Å². The minimum absolute atomic E-state index is 0.584. The molecule has 0 aliphatic carbocycles. The molecule has 0 bridgehead atoms. The van der Waals surface area contributed by atoms with Crippen molar-refractivity contribution in [2.45, 2.75) is 52.5 Å². The Labute approximate surface area is 107 Å². The van der Waals surface area contributed by atoms with Gasteiger partial charge in [0.25, 0.3) is 0 Å². The summed E-state index contributed by atoms with van der Waals surface area (Å²) < 4.78 is 0. The first kappa shape index (κ1) is 14.2. The predicted molar refractivity (Wildman–Crippen MR) is 76.4 cm³/mol. The SMILES string of the molecule is CCNC(C(CC)CC)C(C)c1ccccc1. The summed E-state index contributed by atoms with van der Waals surface area (Å²) in [5.41, 5.74) is 1.45. The lowest BCUT2D eigenvalue weighted by atomic mass is 9.82. The minimum atomic E-state index is 0.584. The summed E-state index contributed by atoms with van der Waals surface area (Å²) in [6.45, 7) is 10.2. The van der Waals surface area contributed by atoms with Crippen molar-refractivity contribution in [3.8, 4) is 0 Å². The second-order valence-corrected chi connectivity index (χ2v) is 4.86. The van der Waals surface area contributed by atoms with Crippen LogP contribution in [0.3, 0.4) is 0 Å². The highest BCUT2D eigenvalue weighted by atomic mass is 14.9. The normalized spacial score (nSPS) is 14.9. The molecule has 0 saturated heterocycles. The molecule has 0 fully saturated rings. The molecular weight excluding hydrogens is 206 g/mol. The van der Waals surface area contributed by atoms with Crippen molar-refractivity contribution in [2.75, 3.05) is 6.54 Å². The topological polar surface area (TPSA) is 12.0 Å². The van der Waals surface area contributed by atoms with Gasteiger partial charge in [-0.25, -0.2) is 0 Å². The van der Waals surface area contributed by atoms with Crippen molar-refractivity contribution in [2.24, 2.45) is 5.92 Å². The maximum atomic E-state index is 3.68. The lowest BCUT2D eigenvalue weighted by Gasteiger charge is -2.32. The van der Waals surface area contributed by atoms with E-state index >= 15 is 0 Å². The molecule has 1 rings (SSSR count).